The van der Waals surface area contributed by atoms with Crippen molar-refractivity contribution in [1.29, 1.82) is 0 Å². The number of quaternary nitrogens is 1. The molecule has 0 heterocycles. The Morgan fingerprint density at radius 2 is 1.68 bits per heavy atom. The molecule has 2 heteroatoms. The molecule has 2 nitrogen and oxygen atoms in total. The van der Waals surface area contributed by atoms with Gasteiger partial charge < -0.3 is 0 Å². The van der Waals surface area contributed by atoms with Crippen LogP contribution in [0.3, 0.4) is 0 Å². The summed E-state index contributed by atoms with van der Waals surface area (Å²) in [5.41, 5.74) is 4.65. The Hall–Kier alpha value is -2.19. The molecule has 96 valence electrons. The van der Waals surface area contributed by atoms with Crippen LogP contribution < -0.4 is 5.32 Å². The van der Waals surface area contributed by atoms with Gasteiger partial charge in [0, 0.05) is 18.7 Å². The molecule has 0 unspecified atom stereocenters. The average molecular weight is 251 g/mol. The Balaban J connectivity index is 2.08. The third-order valence-electron chi connectivity index (χ3n) is 3.03. The van der Waals surface area contributed by atoms with Crippen molar-refractivity contribution in [3.05, 3.63) is 78.0 Å². The van der Waals surface area contributed by atoms with E-state index in [1.165, 1.54) is 11.3 Å². The van der Waals surface area contributed by atoms with Crippen molar-refractivity contribution in [2.75, 3.05) is 7.05 Å². The highest BCUT2D eigenvalue weighted by Crippen LogP contribution is 2.06. The number of para-hydroxylation sites is 1. The second-order valence-electron chi connectivity index (χ2n) is 4.36. The second-order valence-corrected chi connectivity index (χ2v) is 4.36. The molecule has 0 bridgehead atoms. The molecule has 0 atom stereocenters. The summed E-state index contributed by atoms with van der Waals surface area (Å²) in [6.45, 7) is 2.12. The second kappa shape index (κ2) is 6.66. The molecular weight excluding hydrogens is 232 g/mol. The van der Waals surface area contributed by atoms with Gasteiger partial charge in [0.1, 0.15) is 5.69 Å². The number of hydrogen-bond acceptors (Lipinski definition) is 1. The van der Waals surface area contributed by atoms with E-state index < -0.39 is 0 Å². The number of benzene rings is 2. The molecule has 0 amide bonds. The first kappa shape index (κ1) is 13.2. The fourth-order valence-corrected chi connectivity index (χ4v) is 1.93. The van der Waals surface area contributed by atoms with Crippen LogP contribution in [0, 0.1) is 6.92 Å². The molecule has 0 radical (unpaired) electrons. The van der Waals surface area contributed by atoms with Crippen LogP contribution >= 0.6 is 0 Å². The normalized spacial score (nSPS) is 12.0. The molecule has 2 N–H and O–H groups in total. The van der Waals surface area contributed by atoms with Crippen molar-refractivity contribution in [3.63, 3.8) is 0 Å². The van der Waals surface area contributed by atoms with Crippen molar-refractivity contribution in [2.45, 2.75) is 6.92 Å². The highest BCUT2D eigenvalue weighted by atomic mass is 14.8. The van der Waals surface area contributed by atoms with Gasteiger partial charge in [0.2, 0.25) is 0 Å². The highest BCUT2D eigenvalue weighted by Gasteiger charge is 2.00. The largest absolute Gasteiger partial charge is 0.288 e. The van der Waals surface area contributed by atoms with Gasteiger partial charge in [-0.05, 0) is 18.6 Å². The zero-order valence-corrected chi connectivity index (χ0v) is 11.4. The number of aliphatic imine (C=N–C) groups is 1. The van der Waals surface area contributed by atoms with Crippen molar-refractivity contribution >= 4 is 11.4 Å². The van der Waals surface area contributed by atoms with E-state index in [0.717, 1.165) is 11.3 Å². The van der Waals surface area contributed by atoms with Crippen LogP contribution in [0.1, 0.15) is 11.1 Å². The molecule has 0 aliphatic carbocycles. The molecule has 0 saturated carbocycles. The molecule has 0 saturated heterocycles. The summed E-state index contributed by atoms with van der Waals surface area (Å²) in [6.07, 6.45) is 4.10. The van der Waals surface area contributed by atoms with Gasteiger partial charge in [-0.25, -0.2) is 0 Å². The van der Waals surface area contributed by atoms with E-state index in [-0.39, 0.29) is 0 Å². The Bertz CT molecular complexity index is 583. The van der Waals surface area contributed by atoms with Crippen LogP contribution in [0.25, 0.3) is 0 Å². The summed E-state index contributed by atoms with van der Waals surface area (Å²) in [5.74, 6) is 0. The van der Waals surface area contributed by atoms with Crippen LogP contribution in [0.4, 0.5) is 5.69 Å². The van der Waals surface area contributed by atoms with E-state index in [2.05, 4.69) is 59.8 Å². The third-order valence-corrected chi connectivity index (χ3v) is 3.03. The van der Waals surface area contributed by atoms with Crippen molar-refractivity contribution < 1.29 is 5.32 Å². The first-order valence-electron chi connectivity index (χ1n) is 6.40. The molecule has 2 aromatic rings. The first-order valence-corrected chi connectivity index (χ1v) is 6.40. The van der Waals surface area contributed by atoms with Gasteiger partial charge >= 0.3 is 0 Å². The molecule has 19 heavy (non-hydrogen) atoms. The maximum Gasteiger partial charge on any atom is 0.137 e. The van der Waals surface area contributed by atoms with Crippen LogP contribution in [0.5, 0.6) is 0 Å². The predicted molar refractivity (Wildman–Crippen MR) is 80.8 cm³/mol. The van der Waals surface area contributed by atoms with Gasteiger partial charge in [-0.1, -0.05) is 48.5 Å². The van der Waals surface area contributed by atoms with E-state index in [0.29, 0.717) is 0 Å². The van der Waals surface area contributed by atoms with Gasteiger partial charge in [-0.2, -0.15) is 0 Å². The summed E-state index contributed by atoms with van der Waals surface area (Å²) in [6, 6.07) is 18.5. The molecule has 0 aromatic heterocycles. The van der Waals surface area contributed by atoms with Gasteiger partial charge in [-0.3, -0.25) is 10.3 Å². The van der Waals surface area contributed by atoms with Crippen molar-refractivity contribution in [3.8, 4) is 0 Å². The summed E-state index contributed by atoms with van der Waals surface area (Å²) < 4.78 is 0. The van der Waals surface area contributed by atoms with E-state index >= 15 is 0 Å². The number of rotatable bonds is 4. The third kappa shape index (κ3) is 3.63. The van der Waals surface area contributed by atoms with Crippen LogP contribution in [0.15, 0.2) is 71.9 Å². The lowest BCUT2D eigenvalue weighted by molar-refractivity contribution is -0.496. The SMILES string of the molecule is CN=C(C=C[NH2+]c1ccccc1C)c1ccccc1. The lowest BCUT2D eigenvalue weighted by Gasteiger charge is -2.01. The lowest BCUT2D eigenvalue weighted by atomic mass is 10.1. The van der Waals surface area contributed by atoms with E-state index in [4.69, 9.17) is 0 Å². The smallest absolute Gasteiger partial charge is 0.137 e. The van der Waals surface area contributed by atoms with Gasteiger partial charge in [0.25, 0.3) is 0 Å². The van der Waals surface area contributed by atoms with Crippen LogP contribution in [-0.4, -0.2) is 12.8 Å². The number of nitrogens with two attached hydrogens (primary N) is 1. The van der Waals surface area contributed by atoms with Crippen LogP contribution in [-0.2, 0) is 0 Å². The Morgan fingerprint density at radius 3 is 2.37 bits per heavy atom. The monoisotopic (exact) mass is 251 g/mol. The van der Waals surface area contributed by atoms with Gasteiger partial charge in [0.05, 0.1) is 11.9 Å². The summed E-state index contributed by atoms with van der Waals surface area (Å²) in [5, 5.41) is 2.11. The van der Waals surface area contributed by atoms with Crippen LogP contribution in [0.2, 0.25) is 0 Å². The topological polar surface area (TPSA) is 29.0 Å². The molecule has 0 aliphatic rings. The standard InChI is InChI=1S/C17H18N2/c1-14-8-6-7-11-16(14)19-13-12-17(18-2)15-9-4-3-5-10-15/h3-13,19H,1-2H3/p+1. The number of hydrogen-bond donors (Lipinski definition) is 1. The maximum atomic E-state index is 4.32. The minimum atomic E-state index is 0.991. The predicted octanol–water partition coefficient (Wildman–Crippen LogP) is 2.82. The summed E-state index contributed by atoms with van der Waals surface area (Å²) >= 11 is 0. The first-order chi connectivity index (χ1) is 9.31. The fraction of sp³-hybridized carbons (Fsp3) is 0.118. The highest BCUT2D eigenvalue weighted by molar-refractivity contribution is 6.08. The quantitative estimate of drug-likeness (QED) is 0.639. The fourth-order valence-electron chi connectivity index (χ4n) is 1.93. The van der Waals surface area contributed by atoms with Crippen molar-refractivity contribution in [2.24, 2.45) is 4.99 Å². The van der Waals surface area contributed by atoms with E-state index in [1.54, 1.807) is 0 Å². The molecular formula is C17H19N2+. The Kier molecular flexibility index (Phi) is 4.65. The lowest BCUT2D eigenvalue weighted by Crippen LogP contribution is -2.71. The van der Waals surface area contributed by atoms with Gasteiger partial charge in [-0.15, -0.1) is 0 Å². The molecule has 0 aliphatic heterocycles. The molecule has 2 aromatic carbocycles. The van der Waals surface area contributed by atoms with E-state index in [9.17, 15) is 0 Å². The zero-order valence-electron chi connectivity index (χ0n) is 11.4. The summed E-state index contributed by atoms with van der Waals surface area (Å²) in [4.78, 5) is 4.32. The minimum absolute atomic E-state index is 0.991. The average Bonchev–Trinajstić information content (AvgIpc) is 2.46. The minimum Gasteiger partial charge on any atom is -0.288 e. The number of allylic oxidation sites excluding steroid dienone is 1. The van der Waals surface area contributed by atoms with E-state index in [1.807, 2.05) is 31.3 Å². The molecule has 0 spiro atoms. The summed E-state index contributed by atoms with van der Waals surface area (Å²) in [7, 11) is 1.82. The molecule has 2 rings (SSSR count). The van der Waals surface area contributed by atoms with Crippen molar-refractivity contribution in [1.82, 2.24) is 0 Å². The Labute approximate surface area is 114 Å². The number of nitrogens with zero attached hydrogens (tertiary/aromatic N) is 1. The molecule has 0 fully saturated rings. The number of aryl methyl sites for hydroxylation is 1. The van der Waals surface area contributed by atoms with Gasteiger partial charge in [0.15, 0.2) is 0 Å². The maximum absolute atomic E-state index is 4.32. The Morgan fingerprint density at radius 1 is 1.00 bits per heavy atom. The zero-order chi connectivity index (χ0) is 13.5.